The minimum atomic E-state index is -0.501. The largest absolute Gasteiger partial charge is 0.391 e. The van der Waals surface area contributed by atoms with Gasteiger partial charge in [0, 0.05) is 38.1 Å². The second-order valence-electron chi connectivity index (χ2n) is 3.64. The Labute approximate surface area is 87.8 Å². The minimum Gasteiger partial charge on any atom is -0.391 e. The molecule has 1 unspecified atom stereocenters. The molecule has 1 atom stereocenters. The number of carbonyl (C=O) groups excluding carboxylic acids is 1. The van der Waals surface area contributed by atoms with Gasteiger partial charge in [-0.3, -0.25) is 14.8 Å². The zero-order valence-electron chi connectivity index (χ0n) is 8.33. The third-order valence-corrected chi connectivity index (χ3v) is 2.45. The fraction of sp³-hybridized carbons (Fsp3) is 0.500. The van der Waals surface area contributed by atoms with E-state index in [0.29, 0.717) is 19.5 Å². The van der Waals surface area contributed by atoms with Crippen molar-refractivity contribution in [3.8, 4) is 0 Å². The Balaban J connectivity index is 1.86. The fourth-order valence-corrected chi connectivity index (χ4v) is 1.68. The quantitative estimate of drug-likeness (QED) is 0.733. The highest BCUT2D eigenvalue weighted by Crippen LogP contribution is 2.10. The van der Waals surface area contributed by atoms with E-state index in [1.165, 1.54) is 0 Å². The van der Waals surface area contributed by atoms with Gasteiger partial charge in [-0.1, -0.05) is 0 Å². The maximum atomic E-state index is 11.3. The van der Waals surface area contributed by atoms with Crippen LogP contribution in [0.1, 0.15) is 12.1 Å². The van der Waals surface area contributed by atoms with Crippen LogP contribution in [0.3, 0.4) is 0 Å². The lowest BCUT2D eigenvalue weighted by Gasteiger charge is -2.14. The first-order valence-corrected chi connectivity index (χ1v) is 4.96. The SMILES string of the molecule is O=C1CC(O)CN1CCc1cnccn1. The van der Waals surface area contributed by atoms with Crippen molar-refractivity contribution >= 4 is 5.91 Å². The number of carbonyl (C=O) groups is 1. The van der Waals surface area contributed by atoms with Crippen molar-refractivity contribution in [1.82, 2.24) is 14.9 Å². The summed E-state index contributed by atoms with van der Waals surface area (Å²) in [6, 6.07) is 0. The molecule has 0 radical (unpaired) electrons. The summed E-state index contributed by atoms with van der Waals surface area (Å²) in [5.74, 6) is 0.0198. The normalized spacial score (nSPS) is 21.0. The van der Waals surface area contributed by atoms with Gasteiger partial charge >= 0.3 is 0 Å². The molecular formula is C10H13N3O2. The highest BCUT2D eigenvalue weighted by molar-refractivity contribution is 5.78. The molecule has 5 nitrogen and oxygen atoms in total. The van der Waals surface area contributed by atoms with Crippen LogP contribution in [0, 0.1) is 0 Å². The zero-order valence-corrected chi connectivity index (χ0v) is 8.33. The lowest BCUT2D eigenvalue weighted by Crippen LogP contribution is -2.28. The molecule has 15 heavy (non-hydrogen) atoms. The van der Waals surface area contributed by atoms with E-state index >= 15 is 0 Å². The summed E-state index contributed by atoms with van der Waals surface area (Å²) in [5, 5.41) is 9.28. The van der Waals surface area contributed by atoms with Gasteiger partial charge in [-0.15, -0.1) is 0 Å². The Morgan fingerprint density at radius 2 is 2.40 bits per heavy atom. The van der Waals surface area contributed by atoms with Crippen molar-refractivity contribution in [2.24, 2.45) is 0 Å². The molecule has 0 bridgehead atoms. The lowest BCUT2D eigenvalue weighted by atomic mass is 10.3. The molecule has 1 N–H and O–H groups in total. The Morgan fingerprint density at radius 3 is 3.00 bits per heavy atom. The molecule has 0 aromatic carbocycles. The van der Waals surface area contributed by atoms with E-state index < -0.39 is 6.10 Å². The molecule has 1 aliphatic heterocycles. The average molecular weight is 207 g/mol. The van der Waals surface area contributed by atoms with E-state index in [9.17, 15) is 9.90 Å². The topological polar surface area (TPSA) is 66.3 Å². The van der Waals surface area contributed by atoms with Gasteiger partial charge in [0.2, 0.25) is 5.91 Å². The first-order valence-electron chi connectivity index (χ1n) is 4.96. The van der Waals surface area contributed by atoms with Crippen molar-refractivity contribution in [3.05, 3.63) is 24.3 Å². The second-order valence-corrected chi connectivity index (χ2v) is 3.64. The van der Waals surface area contributed by atoms with Gasteiger partial charge in [-0.25, -0.2) is 0 Å². The summed E-state index contributed by atoms with van der Waals surface area (Å²) < 4.78 is 0. The molecule has 1 aromatic rings. The van der Waals surface area contributed by atoms with E-state index in [1.807, 2.05) is 0 Å². The predicted molar refractivity (Wildman–Crippen MR) is 52.9 cm³/mol. The Kier molecular flexibility index (Phi) is 2.91. The van der Waals surface area contributed by atoms with Crippen LogP contribution in [0.4, 0.5) is 0 Å². The molecule has 2 heterocycles. The van der Waals surface area contributed by atoms with Crippen LogP contribution < -0.4 is 0 Å². The van der Waals surface area contributed by atoms with E-state index in [2.05, 4.69) is 9.97 Å². The first-order chi connectivity index (χ1) is 7.25. The number of hydrogen-bond donors (Lipinski definition) is 1. The first kappa shape index (κ1) is 10.0. The maximum Gasteiger partial charge on any atom is 0.225 e. The van der Waals surface area contributed by atoms with E-state index in [4.69, 9.17) is 0 Å². The highest BCUT2D eigenvalue weighted by Gasteiger charge is 2.27. The van der Waals surface area contributed by atoms with Gasteiger partial charge in [0.25, 0.3) is 0 Å². The molecule has 1 fully saturated rings. The molecule has 80 valence electrons. The Bertz CT molecular complexity index is 342. The molecule has 0 aliphatic carbocycles. The van der Waals surface area contributed by atoms with Gasteiger partial charge in [0.05, 0.1) is 18.2 Å². The van der Waals surface area contributed by atoms with Crippen molar-refractivity contribution in [1.29, 1.82) is 0 Å². The molecule has 1 aromatic heterocycles. The molecule has 0 spiro atoms. The van der Waals surface area contributed by atoms with Crippen LogP contribution in [-0.4, -0.2) is 45.1 Å². The van der Waals surface area contributed by atoms with Gasteiger partial charge in [-0.05, 0) is 0 Å². The molecule has 2 rings (SSSR count). The summed E-state index contributed by atoms with van der Waals surface area (Å²) in [4.78, 5) is 21.1. The number of likely N-dealkylation sites (tertiary alicyclic amines) is 1. The lowest BCUT2D eigenvalue weighted by molar-refractivity contribution is -0.127. The summed E-state index contributed by atoms with van der Waals surface area (Å²) in [6.45, 7) is 1.05. The van der Waals surface area contributed by atoms with E-state index in [1.54, 1.807) is 23.5 Å². The van der Waals surface area contributed by atoms with Crippen LogP contribution in [-0.2, 0) is 11.2 Å². The van der Waals surface area contributed by atoms with E-state index in [0.717, 1.165) is 5.69 Å². The molecule has 0 saturated carbocycles. The number of amides is 1. The minimum absolute atomic E-state index is 0.0198. The van der Waals surface area contributed by atoms with Gasteiger partial charge in [0.15, 0.2) is 0 Å². The Morgan fingerprint density at radius 1 is 1.53 bits per heavy atom. The monoisotopic (exact) mass is 207 g/mol. The van der Waals surface area contributed by atoms with Crippen LogP contribution in [0.5, 0.6) is 0 Å². The summed E-state index contributed by atoms with van der Waals surface area (Å²) in [7, 11) is 0. The van der Waals surface area contributed by atoms with Crippen LogP contribution in [0.25, 0.3) is 0 Å². The van der Waals surface area contributed by atoms with Gasteiger partial charge < -0.3 is 10.0 Å². The van der Waals surface area contributed by atoms with Crippen molar-refractivity contribution in [2.75, 3.05) is 13.1 Å². The molecular weight excluding hydrogens is 194 g/mol. The number of rotatable bonds is 3. The van der Waals surface area contributed by atoms with Crippen molar-refractivity contribution < 1.29 is 9.90 Å². The second kappa shape index (κ2) is 4.35. The predicted octanol–water partition coefficient (Wildman–Crippen LogP) is -0.388. The fourth-order valence-electron chi connectivity index (χ4n) is 1.68. The van der Waals surface area contributed by atoms with Crippen LogP contribution >= 0.6 is 0 Å². The maximum absolute atomic E-state index is 11.3. The highest BCUT2D eigenvalue weighted by atomic mass is 16.3. The van der Waals surface area contributed by atoms with Crippen LogP contribution in [0.2, 0.25) is 0 Å². The van der Waals surface area contributed by atoms with Crippen molar-refractivity contribution in [3.63, 3.8) is 0 Å². The number of nitrogens with zero attached hydrogens (tertiary/aromatic N) is 3. The molecule has 1 aliphatic rings. The van der Waals surface area contributed by atoms with Crippen molar-refractivity contribution in [2.45, 2.75) is 18.9 Å². The summed E-state index contributed by atoms with van der Waals surface area (Å²) >= 11 is 0. The smallest absolute Gasteiger partial charge is 0.225 e. The molecule has 1 amide bonds. The van der Waals surface area contributed by atoms with E-state index in [-0.39, 0.29) is 12.3 Å². The zero-order chi connectivity index (χ0) is 10.7. The molecule has 5 heteroatoms. The number of aliphatic hydroxyl groups is 1. The third kappa shape index (κ3) is 2.50. The number of β-amino-alcohol motifs (C(OH)–C–C–N with tert-alkyl or cyclic N) is 1. The summed E-state index contributed by atoms with van der Waals surface area (Å²) in [6.07, 6.45) is 5.38. The number of aromatic nitrogens is 2. The Hall–Kier alpha value is -1.49. The third-order valence-electron chi connectivity index (χ3n) is 2.45. The number of aliphatic hydroxyl groups excluding tert-OH is 1. The number of hydrogen-bond acceptors (Lipinski definition) is 4. The average Bonchev–Trinajstić information content (AvgIpc) is 2.56. The van der Waals surface area contributed by atoms with Crippen LogP contribution in [0.15, 0.2) is 18.6 Å². The van der Waals surface area contributed by atoms with Gasteiger partial charge in [0.1, 0.15) is 0 Å². The molecule has 1 saturated heterocycles. The summed E-state index contributed by atoms with van der Waals surface area (Å²) in [5.41, 5.74) is 0.867. The van der Waals surface area contributed by atoms with Gasteiger partial charge in [-0.2, -0.15) is 0 Å². The standard InChI is InChI=1S/C10H13N3O2/c14-9-5-10(15)13(7-9)4-1-8-6-11-2-3-12-8/h2-3,6,9,14H,1,4-5,7H2.